The number of rotatable bonds is 9. The van der Waals surface area contributed by atoms with Crippen LogP contribution in [0.5, 0.6) is 5.75 Å². The molecule has 0 saturated carbocycles. The molecule has 1 aromatic carbocycles. The van der Waals surface area contributed by atoms with Crippen LogP contribution in [0.4, 0.5) is 0 Å². The molecule has 0 saturated heterocycles. The molecule has 1 unspecified atom stereocenters. The summed E-state index contributed by atoms with van der Waals surface area (Å²) in [4.78, 5) is 0. The van der Waals surface area contributed by atoms with Gasteiger partial charge in [0.1, 0.15) is 12.4 Å². The fourth-order valence-electron chi connectivity index (χ4n) is 1.86. The van der Waals surface area contributed by atoms with Crippen LogP contribution in [0.1, 0.15) is 39.3 Å². The first-order valence-corrected chi connectivity index (χ1v) is 8.07. The van der Waals surface area contributed by atoms with Crippen LogP contribution >= 0.6 is 15.9 Å². The van der Waals surface area contributed by atoms with Crippen molar-refractivity contribution in [2.45, 2.75) is 33.7 Å². The highest BCUT2D eigenvalue weighted by atomic mass is 79.9. The lowest BCUT2D eigenvalue weighted by Gasteiger charge is -2.15. The smallest absolute Gasteiger partial charge is 0.133 e. The van der Waals surface area contributed by atoms with Gasteiger partial charge in [0.2, 0.25) is 0 Å². The minimum Gasteiger partial charge on any atom is -0.490 e. The maximum absolute atomic E-state index is 5.72. The highest BCUT2D eigenvalue weighted by Crippen LogP contribution is 2.28. The summed E-state index contributed by atoms with van der Waals surface area (Å²) in [6.07, 6.45) is 0. The highest BCUT2D eigenvalue weighted by Gasteiger charge is 2.07. The quantitative estimate of drug-likeness (QED) is 0.682. The lowest BCUT2D eigenvalue weighted by molar-refractivity contribution is 0.0817. The second-order valence-electron chi connectivity index (χ2n) is 5.29. The molecule has 1 atom stereocenters. The number of benzene rings is 1. The third kappa shape index (κ3) is 6.25. The van der Waals surface area contributed by atoms with Crippen molar-refractivity contribution in [1.82, 2.24) is 5.32 Å². The second-order valence-corrected chi connectivity index (χ2v) is 6.14. The van der Waals surface area contributed by atoms with Gasteiger partial charge in [-0.2, -0.15) is 0 Å². The van der Waals surface area contributed by atoms with Gasteiger partial charge in [-0.3, -0.25) is 0 Å². The SMILES string of the molecule is CCNC(C)c1ccc(OCCOCC(C)C)c(Br)c1. The zero-order valence-corrected chi connectivity index (χ0v) is 14.5. The van der Waals surface area contributed by atoms with Gasteiger partial charge in [-0.25, -0.2) is 0 Å². The Morgan fingerprint density at radius 2 is 1.95 bits per heavy atom. The maximum atomic E-state index is 5.72. The van der Waals surface area contributed by atoms with Gasteiger partial charge in [0.05, 0.1) is 11.1 Å². The molecule has 0 aliphatic rings. The molecule has 0 radical (unpaired) electrons. The Morgan fingerprint density at radius 3 is 2.55 bits per heavy atom. The second kappa shape index (κ2) is 9.37. The average Bonchev–Trinajstić information content (AvgIpc) is 2.39. The van der Waals surface area contributed by atoms with Crippen LogP contribution in [0, 0.1) is 5.92 Å². The van der Waals surface area contributed by atoms with Gasteiger partial charge in [-0.1, -0.05) is 26.8 Å². The van der Waals surface area contributed by atoms with E-state index >= 15 is 0 Å². The van der Waals surface area contributed by atoms with E-state index in [0.29, 0.717) is 25.2 Å². The van der Waals surface area contributed by atoms with Gasteiger partial charge in [0, 0.05) is 12.6 Å². The number of ether oxygens (including phenoxy) is 2. The largest absolute Gasteiger partial charge is 0.490 e. The Morgan fingerprint density at radius 1 is 1.20 bits per heavy atom. The molecular weight excluding hydrogens is 318 g/mol. The molecule has 20 heavy (non-hydrogen) atoms. The van der Waals surface area contributed by atoms with Crippen LogP contribution in [-0.4, -0.2) is 26.4 Å². The van der Waals surface area contributed by atoms with Crippen LogP contribution in [-0.2, 0) is 4.74 Å². The molecule has 3 nitrogen and oxygen atoms in total. The van der Waals surface area contributed by atoms with Crippen molar-refractivity contribution in [1.29, 1.82) is 0 Å². The molecule has 0 aliphatic carbocycles. The van der Waals surface area contributed by atoms with E-state index in [9.17, 15) is 0 Å². The van der Waals surface area contributed by atoms with Crippen LogP contribution in [0.25, 0.3) is 0 Å². The predicted octanol–water partition coefficient (Wildman–Crippen LogP) is 4.17. The summed E-state index contributed by atoms with van der Waals surface area (Å²) in [5.74, 6) is 1.43. The van der Waals surface area contributed by atoms with Crippen molar-refractivity contribution in [2.24, 2.45) is 5.92 Å². The Balaban J connectivity index is 2.43. The fraction of sp³-hybridized carbons (Fsp3) is 0.625. The number of hydrogen-bond donors (Lipinski definition) is 1. The molecular formula is C16H26BrNO2. The van der Waals surface area contributed by atoms with Crippen LogP contribution in [0.15, 0.2) is 22.7 Å². The summed E-state index contributed by atoms with van der Waals surface area (Å²) in [7, 11) is 0. The van der Waals surface area contributed by atoms with Crippen molar-refractivity contribution >= 4 is 15.9 Å². The van der Waals surface area contributed by atoms with Crippen LogP contribution in [0.3, 0.4) is 0 Å². The summed E-state index contributed by atoms with van der Waals surface area (Å²) in [6, 6.07) is 6.56. The zero-order chi connectivity index (χ0) is 15.0. The standard InChI is InChI=1S/C16H26BrNO2/c1-5-18-13(4)14-6-7-16(15(17)10-14)20-9-8-19-11-12(2)3/h6-7,10,12-13,18H,5,8-9,11H2,1-4H3. The Kier molecular flexibility index (Phi) is 8.19. The van der Waals surface area contributed by atoms with E-state index in [2.05, 4.69) is 61.1 Å². The van der Waals surface area contributed by atoms with E-state index < -0.39 is 0 Å². The van der Waals surface area contributed by atoms with Crippen LogP contribution in [0.2, 0.25) is 0 Å². The fourth-order valence-corrected chi connectivity index (χ4v) is 2.37. The molecule has 1 rings (SSSR count). The van der Waals surface area contributed by atoms with Gasteiger partial charge in [0.25, 0.3) is 0 Å². The summed E-state index contributed by atoms with van der Waals surface area (Å²) < 4.78 is 12.2. The topological polar surface area (TPSA) is 30.5 Å². The monoisotopic (exact) mass is 343 g/mol. The normalized spacial score (nSPS) is 12.7. The number of hydrogen-bond acceptors (Lipinski definition) is 3. The highest BCUT2D eigenvalue weighted by molar-refractivity contribution is 9.10. The van der Waals surface area contributed by atoms with Crippen molar-refractivity contribution in [3.63, 3.8) is 0 Å². The summed E-state index contributed by atoms with van der Waals surface area (Å²) >= 11 is 3.57. The van der Waals surface area contributed by atoms with Crippen molar-refractivity contribution in [2.75, 3.05) is 26.4 Å². The van der Waals surface area contributed by atoms with Gasteiger partial charge in [0.15, 0.2) is 0 Å². The average molecular weight is 344 g/mol. The third-order valence-electron chi connectivity index (χ3n) is 2.90. The number of halogens is 1. The molecule has 0 heterocycles. The van der Waals surface area contributed by atoms with Crippen molar-refractivity contribution in [3.05, 3.63) is 28.2 Å². The molecule has 0 aliphatic heterocycles. The van der Waals surface area contributed by atoms with Crippen molar-refractivity contribution in [3.8, 4) is 5.75 Å². The molecule has 0 aromatic heterocycles. The summed E-state index contributed by atoms with van der Waals surface area (Å²) in [5.41, 5.74) is 1.25. The minimum atomic E-state index is 0.347. The van der Waals surface area contributed by atoms with Crippen molar-refractivity contribution < 1.29 is 9.47 Å². The summed E-state index contributed by atoms with van der Waals surface area (Å²) in [5, 5.41) is 3.40. The Labute approximate surface area is 131 Å². The molecule has 0 spiro atoms. The van der Waals surface area contributed by atoms with E-state index in [-0.39, 0.29) is 0 Å². The molecule has 1 N–H and O–H groups in total. The van der Waals surface area contributed by atoms with E-state index in [1.165, 1.54) is 5.56 Å². The first-order valence-electron chi connectivity index (χ1n) is 7.28. The molecule has 114 valence electrons. The van der Waals surface area contributed by atoms with E-state index in [1.54, 1.807) is 0 Å². The molecule has 0 bridgehead atoms. The van der Waals surface area contributed by atoms with Gasteiger partial charge >= 0.3 is 0 Å². The lowest BCUT2D eigenvalue weighted by Crippen LogP contribution is -2.17. The molecule has 4 heteroatoms. The third-order valence-corrected chi connectivity index (χ3v) is 3.52. The predicted molar refractivity (Wildman–Crippen MR) is 87.4 cm³/mol. The van der Waals surface area contributed by atoms with E-state index in [4.69, 9.17) is 9.47 Å². The van der Waals surface area contributed by atoms with E-state index in [1.807, 2.05) is 6.07 Å². The Hall–Kier alpha value is -0.580. The molecule has 1 aromatic rings. The first-order chi connectivity index (χ1) is 9.54. The molecule has 0 fully saturated rings. The van der Waals surface area contributed by atoms with Gasteiger partial charge < -0.3 is 14.8 Å². The maximum Gasteiger partial charge on any atom is 0.133 e. The summed E-state index contributed by atoms with van der Waals surface area (Å²) in [6.45, 7) is 11.5. The lowest BCUT2D eigenvalue weighted by atomic mass is 10.1. The Bertz CT molecular complexity index is 396. The molecule has 0 amide bonds. The zero-order valence-electron chi connectivity index (χ0n) is 12.9. The minimum absolute atomic E-state index is 0.347. The first kappa shape index (κ1) is 17.5. The number of nitrogens with one attached hydrogen (secondary N) is 1. The van der Waals surface area contributed by atoms with Crippen LogP contribution < -0.4 is 10.1 Å². The van der Waals surface area contributed by atoms with E-state index in [0.717, 1.165) is 23.4 Å². The van der Waals surface area contributed by atoms with Gasteiger partial charge in [-0.05, 0) is 53.0 Å². The van der Waals surface area contributed by atoms with Gasteiger partial charge in [-0.15, -0.1) is 0 Å².